The van der Waals surface area contributed by atoms with E-state index in [9.17, 15) is 4.80 Å². The van der Waals surface area contributed by atoms with E-state index in [2.05, 4.69) is 52.9 Å². The summed E-state index contributed by atoms with van der Waals surface area (Å²) in [6, 6.07) is 8.06. The molecule has 25 heavy (non-hydrogen) atoms. The second-order valence-corrected chi connectivity index (χ2v) is 18.6. The Morgan fingerprint density at radius 2 is 1.60 bits per heavy atom. The summed E-state index contributed by atoms with van der Waals surface area (Å²) in [4.78, 5) is 16.3. The van der Waals surface area contributed by atoms with E-state index in [-0.39, 0.29) is 16.2 Å². The molecule has 1 atom stereocenters. The van der Waals surface area contributed by atoms with Gasteiger partial charge in [-0.05, 0) is 37.3 Å². The Morgan fingerprint density at radius 3 is 2.04 bits per heavy atom. The molecule has 1 aromatic carbocycles. The summed E-state index contributed by atoms with van der Waals surface area (Å²) in [5.41, 5.74) is 1.92. The first-order valence-electron chi connectivity index (χ1n) is 8.93. The Hall–Kier alpha value is -1.12. The summed E-state index contributed by atoms with van der Waals surface area (Å²) in [6.07, 6.45) is -0.241. The topological polar surface area (TPSA) is 51.0 Å². The zero-order valence-corrected chi connectivity index (χ0v) is 19.1. The van der Waals surface area contributed by atoms with E-state index in [1.54, 1.807) is 0 Å². The maximum Gasteiger partial charge on any atom is 0.250 e. The molecule has 0 aliphatic carbocycles. The Kier molecular flexibility index (Phi) is 5.05. The smallest absolute Gasteiger partial charge is 0.250 e. The molecule has 0 aromatic heterocycles. The summed E-state index contributed by atoms with van der Waals surface area (Å²) in [7, 11) is -4.38. The van der Waals surface area contributed by atoms with Crippen molar-refractivity contribution >= 4 is 22.3 Å². The van der Waals surface area contributed by atoms with Crippen LogP contribution >= 0.6 is 0 Å². The van der Waals surface area contributed by atoms with Crippen molar-refractivity contribution in [3.05, 3.63) is 29.8 Å². The number of nitrogens with zero attached hydrogens (tertiary/aromatic N) is 1. The standard InChI is InChI=1S/C19H33NO3Si2/c1-18(2,3)25(8,9)23-15-13-11-10-12-14(15)16-17(20-22-16)19(4,5)24(6,7)21/h10-13,16,21H,1-9H3. The lowest BCUT2D eigenvalue weighted by molar-refractivity contribution is 0.0529. The van der Waals surface area contributed by atoms with Crippen molar-refractivity contribution in [2.75, 3.05) is 0 Å². The Morgan fingerprint density at radius 1 is 1.04 bits per heavy atom. The van der Waals surface area contributed by atoms with E-state index in [4.69, 9.17) is 9.26 Å². The Balaban J connectivity index is 2.36. The van der Waals surface area contributed by atoms with Gasteiger partial charge in [-0.1, -0.05) is 58.0 Å². The average Bonchev–Trinajstić information content (AvgIpc) is 2.36. The normalized spacial score (nSPS) is 19.0. The highest BCUT2D eigenvalue weighted by Crippen LogP contribution is 2.48. The predicted molar refractivity (Wildman–Crippen MR) is 109 cm³/mol. The van der Waals surface area contributed by atoms with Gasteiger partial charge in [0.1, 0.15) is 11.5 Å². The second-order valence-electron chi connectivity index (χ2n) is 9.55. The quantitative estimate of drug-likeness (QED) is 0.690. The number of hydrogen-bond acceptors (Lipinski definition) is 4. The minimum absolute atomic E-state index is 0.122. The molecular formula is C19H33NO3Si2. The molecule has 140 valence electrons. The number of rotatable bonds is 5. The van der Waals surface area contributed by atoms with Crippen molar-refractivity contribution in [3.63, 3.8) is 0 Å². The Labute approximate surface area is 154 Å². The molecule has 0 saturated carbocycles. The predicted octanol–water partition coefficient (Wildman–Crippen LogP) is 5.48. The van der Waals surface area contributed by atoms with Gasteiger partial charge < -0.3 is 14.1 Å². The summed E-state index contributed by atoms with van der Waals surface area (Å²) in [5, 5.41) is 3.96. The van der Waals surface area contributed by atoms with Crippen LogP contribution in [0.5, 0.6) is 5.75 Å². The highest BCUT2D eigenvalue weighted by Gasteiger charge is 2.51. The SMILES string of the molecule is CC(C)(C1=NOC1c1ccccc1O[Si](C)(C)C(C)(C)C)[Si](C)(C)O. The van der Waals surface area contributed by atoms with Gasteiger partial charge >= 0.3 is 0 Å². The Bertz CT molecular complexity index is 670. The number of hydrogen-bond donors (Lipinski definition) is 1. The molecule has 1 unspecified atom stereocenters. The third-order valence-corrected chi connectivity index (χ3v) is 13.7. The summed E-state index contributed by atoms with van der Waals surface area (Å²) < 4.78 is 6.55. The molecule has 1 heterocycles. The lowest BCUT2D eigenvalue weighted by Crippen LogP contribution is -2.49. The van der Waals surface area contributed by atoms with Crippen LogP contribution in [-0.2, 0) is 4.84 Å². The number of benzene rings is 1. The van der Waals surface area contributed by atoms with Gasteiger partial charge in [0.25, 0.3) is 0 Å². The maximum absolute atomic E-state index is 10.7. The van der Waals surface area contributed by atoms with Gasteiger partial charge in [-0.3, -0.25) is 0 Å². The van der Waals surface area contributed by atoms with Gasteiger partial charge in [-0.15, -0.1) is 0 Å². The summed E-state index contributed by atoms with van der Waals surface area (Å²) >= 11 is 0. The van der Waals surface area contributed by atoms with Crippen molar-refractivity contribution in [1.82, 2.24) is 0 Å². The second kappa shape index (κ2) is 6.25. The van der Waals surface area contributed by atoms with E-state index in [1.807, 2.05) is 37.4 Å². The van der Waals surface area contributed by atoms with E-state index in [1.165, 1.54) is 0 Å². The average molecular weight is 380 g/mol. The zero-order chi connectivity index (χ0) is 19.3. The molecule has 2 rings (SSSR count). The largest absolute Gasteiger partial charge is 0.543 e. The lowest BCUT2D eigenvalue weighted by atomic mass is 9.94. The van der Waals surface area contributed by atoms with Gasteiger partial charge in [0, 0.05) is 10.6 Å². The van der Waals surface area contributed by atoms with E-state index in [0.717, 1.165) is 17.0 Å². The van der Waals surface area contributed by atoms with Crippen molar-refractivity contribution in [1.29, 1.82) is 0 Å². The molecule has 6 heteroatoms. The zero-order valence-electron chi connectivity index (χ0n) is 17.1. The van der Waals surface area contributed by atoms with Crippen LogP contribution in [0.1, 0.15) is 46.3 Å². The minimum Gasteiger partial charge on any atom is -0.543 e. The summed E-state index contributed by atoms with van der Waals surface area (Å²) in [6.45, 7) is 19.2. The van der Waals surface area contributed by atoms with E-state index in [0.29, 0.717) is 0 Å². The van der Waals surface area contributed by atoms with Gasteiger partial charge in [0.15, 0.2) is 14.4 Å². The first-order chi connectivity index (χ1) is 11.2. The molecule has 1 aliphatic heterocycles. The van der Waals surface area contributed by atoms with Crippen LogP contribution in [0.15, 0.2) is 29.4 Å². The van der Waals surface area contributed by atoms with Crippen LogP contribution in [0.2, 0.25) is 36.3 Å². The fraction of sp³-hybridized carbons (Fsp3) is 0.632. The third kappa shape index (κ3) is 3.71. The molecule has 0 fully saturated rings. The van der Waals surface area contributed by atoms with Crippen LogP contribution in [-0.4, -0.2) is 27.1 Å². The van der Waals surface area contributed by atoms with Crippen LogP contribution in [0, 0.1) is 0 Å². The lowest BCUT2D eigenvalue weighted by Gasteiger charge is -2.42. The van der Waals surface area contributed by atoms with Gasteiger partial charge in [0.05, 0.1) is 0 Å². The first kappa shape index (κ1) is 20.2. The van der Waals surface area contributed by atoms with Crippen LogP contribution < -0.4 is 4.43 Å². The fourth-order valence-electron chi connectivity index (χ4n) is 2.34. The van der Waals surface area contributed by atoms with Crippen molar-refractivity contribution < 1.29 is 14.1 Å². The molecule has 0 radical (unpaired) electrons. The number of oxime groups is 1. The van der Waals surface area contributed by atoms with Crippen molar-refractivity contribution in [3.8, 4) is 5.75 Å². The van der Waals surface area contributed by atoms with E-state index < -0.39 is 16.6 Å². The molecule has 0 bridgehead atoms. The molecule has 0 saturated heterocycles. The molecule has 1 N–H and O–H groups in total. The fourth-order valence-corrected chi connectivity index (χ4v) is 4.18. The summed E-state index contributed by atoms with van der Waals surface area (Å²) in [5.74, 6) is 0.875. The maximum atomic E-state index is 10.7. The molecular weight excluding hydrogens is 346 g/mol. The highest BCUT2D eigenvalue weighted by molar-refractivity contribution is 6.77. The first-order valence-corrected chi connectivity index (χ1v) is 14.8. The third-order valence-electron chi connectivity index (χ3n) is 6.05. The monoisotopic (exact) mass is 379 g/mol. The van der Waals surface area contributed by atoms with Crippen LogP contribution in [0.4, 0.5) is 0 Å². The molecule has 1 aliphatic rings. The van der Waals surface area contributed by atoms with Crippen LogP contribution in [0.25, 0.3) is 0 Å². The van der Waals surface area contributed by atoms with E-state index >= 15 is 0 Å². The number of para-hydroxylation sites is 1. The molecule has 1 aromatic rings. The molecule has 4 nitrogen and oxygen atoms in total. The van der Waals surface area contributed by atoms with Crippen LogP contribution in [0.3, 0.4) is 0 Å². The van der Waals surface area contributed by atoms with Crippen molar-refractivity contribution in [2.24, 2.45) is 5.16 Å². The minimum atomic E-state index is -2.43. The van der Waals surface area contributed by atoms with Gasteiger partial charge in [-0.25, -0.2) is 0 Å². The highest BCUT2D eigenvalue weighted by atomic mass is 28.4. The van der Waals surface area contributed by atoms with Gasteiger partial charge in [0.2, 0.25) is 8.32 Å². The molecule has 0 amide bonds. The van der Waals surface area contributed by atoms with Crippen molar-refractivity contribution in [2.45, 2.75) is 77.0 Å². The molecule has 0 spiro atoms. The van der Waals surface area contributed by atoms with Gasteiger partial charge in [-0.2, -0.15) is 0 Å².